The quantitative estimate of drug-likeness (QED) is 0.460. The lowest BCUT2D eigenvalue weighted by Gasteiger charge is -2.21. The van der Waals surface area contributed by atoms with Crippen LogP contribution in [-0.2, 0) is 16.6 Å². The van der Waals surface area contributed by atoms with E-state index < -0.39 is 10.0 Å². The number of hydrogen-bond donors (Lipinski definition) is 1. The Morgan fingerprint density at radius 1 is 0.972 bits per heavy atom. The second-order valence-electron chi connectivity index (χ2n) is 7.90. The molecule has 3 aromatic carbocycles. The van der Waals surface area contributed by atoms with E-state index >= 15 is 0 Å². The van der Waals surface area contributed by atoms with E-state index in [0.29, 0.717) is 45.5 Å². The monoisotopic (exact) mass is 514 g/mol. The Balaban J connectivity index is 1.62. The third kappa shape index (κ3) is 5.41. The molecular formula is C25H26N2O8S. The number of methoxy groups -OCH3 is 2. The summed E-state index contributed by atoms with van der Waals surface area (Å²) in [5, 5.41) is 2.81. The van der Waals surface area contributed by atoms with Crippen LogP contribution in [0.3, 0.4) is 0 Å². The van der Waals surface area contributed by atoms with Crippen LogP contribution in [0.15, 0.2) is 54.6 Å². The Hall–Kier alpha value is -4.12. The van der Waals surface area contributed by atoms with Gasteiger partial charge in [0, 0.05) is 29.9 Å². The molecule has 0 saturated heterocycles. The first-order chi connectivity index (χ1) is 17.2. The molecule has 1 aliphatic rings. The lowest BCUT2D eigenvalue weighted by Crippen LogP contribution is -2.25. The van der Waals surface area contributed by atoms with Crippen LogP contribution < -0.4 is 33.3 Å². The van der Waals surface area contributed by atoms with E-state index in [1.54, 1.807) is 68.8 Å². The molecule has 1 amide bonds. The number of hydrogen-bond acceptors (Lipinski definition) is 8. The van der Waals surface area contributed by atoms with Gasteiger partial charge in [0.1, 0.15) is 23.9 Å². The summed E-state index contributed by atoms with van der Waals surface area (Å²) < 4.78 is 52.9. The predicted octanol–water partition coefficient (Wildman–Crippen LogP) is 3.66. The highest BCUT2D eigenvalue weighted by Gasteiger charge is 2.20. The summed E-state index contributed by atoms with van der Waals surface area (Å²) in [7, 11) is 0.947. The first kappa shape index (κ1) is 25.0. The number of carbonyl (C=O) groups is 1. The van der Waals surface area contributed by atoms with Crippen molar-refractivity contribution in [3.8, 4) is 28.7 Å². The minimum absolute atomic E-state index is 0.0601. The number of sulfonamides is 1. The van der Waals surface area contributed by atoms with Gasteiger partial charge in [-0.05, 0) is 48.5 Å². The fourth-order valence-corrected chi connectivity index (χ4v) is 4.05. The summed E-state index contributed by atoms with van der Waals surface area (Å²) in [5.74, 6) is 2.13. The molecule has 0 atom stereocenters. The Morgan fingerprint density at radius 3 is 2.47 bits per heavy atom. The number of nitrogens with one attached hydrogen (secondary N) is 1. The van der Waals surface area contributed by atoms with E-state index in [1.165, 1.54) is 7.05 Å². The number of fused-ring (bicyclic) bond motifs is 1. The third-order valence-electron chi connectivity index (χ3n) is 5.56. The number of amides is 1. The van der Waals surface area contributed by atoms with Gasteiger partial charge >= 0.3 is 0 Å². The van der Waals surface area contributed by atoms with Gasteiger partial charge in [-0.1, -0.05) is 0 Å². The van der Waals surface area contributed by atoms with E-state index in [2.05, 4.69) is 5.32 Å². The highest BCUT2D eigenvalue weighted by atomic mass is 32.2. The lowest BCUT2D eigenvalue weighted by atomic mass is 10.1. The summed E-state index contributed by atoms with van der Waals surface area (Å²) in [6, 6.07) is 14.9. The Morgan fingerprint density at radius 2 is 1.75 bits per heavy atom. The molecule has 0 spiro atoms. The van der Waals surface area contributed by atoms with E-state index in [0.717, 1.165) is 10.6 Å². The van der Waals surface area contributed by atoms with Gasteiger partial charge in [0.15, 0.2) is 11.5 Å². The summed E-state index contributed by atoms with van der Waals surface area (Å²) in [6.07, 6.45) is 1.09. The fraction of sp³-hybridized carbons (Fsp3) is 0.240. The average molecular weight is 515 g/mol. The highest BCUT2D eigenvalue weighted by Crippen LogP contribution is 2.35. The van der Waals surface area contributed by atoms with Crippen molar-refractivity contribution in [3.05, 3.63) is 65.7 Å². The molecule has 1 aliphatic heterocycles. The van der Waals surface area contributed by atoms with Crippen molar-refractivity contribution in [1.82, 2.24) is 0 Å². The first-order valence-corrected chi connectivity index (χ1v) is 12.7. The summed E-state index contributed by atoms with van der Waals surface area (Å²) in [6.45, 7) is 0.166. The lowest BCUT2D eigenvalue weighted by molar-refractivity contribution is 0.102. The van der Waals surface area contributed by atoms with E-state index in [-0.39, 0.29) is 25.1 Å². The molecule has 0 aromatic heterocycles. The van der Waals surface area contributed by atoms with Crippen LogP contribution in [0.5, 0.6) is 28.7 Å². The van der Waals surface area contributed by atoms with E-state index in [1.807, 2.05) is 0 Å². The molecule has 0 radical (unpaired) electrons. The first-order valence-electron chi connectivity index (χ1n) is 10.8. The van der Waals surface area contributed by atoms with Gasteiger partial charge in [-0.2, -0.15) is 0 Å². The number of rotatable bonds is 9. The standard InChI is InChI=1S/C25H26N2O8S/c1-27(36(4,29)30)20-8-6-18(26-25(28)16-5-9-22-24(12-16)35-15-34-22)13-23(20)33-14-17-11-19(31-2)7-10-21(17)32-3/h5-13H,14-15H2,1-4H3,(H,26,28). The topological polar surface area (TPSA) is 113 Å². The zero-order chi connectivity index (χ0) is 25.9. The maximum atomic E-state index is 12.9. The highest BCUT2D eigenvalue weighted by molar-refractivity contribution is 7.92. The molecule has 0 saturated carbocycles. The molecule has 4 rings (SSSR count). The predicted molar refractivity (Wildman–Crippen MR) is 134 cm³/mol. The van der Waals surface area contributed by atoms with Crippen molar-refractivity contribution in [2.45, 2.75) is 6.61 Å². The molecule has 0 unspecified atom stereocenters. The molecular weight excluding hydrogens is 488 g/mol. The number of anilines is 2. The Labute approximate surface area is 209 Å². The second-order valence-corrected chi connectivity index (χ2v) is 9.92. The molecule has 1 N–H and O–H groups in total. The zero-order valence-electron chi connectivity index (χ0n) is 20.2. The van der Waals surface area contributed by atoms with Gasteiger partial charge in [0.2, 0.25) is 16.8 Å². The molecule has 0 bridgehead atoms. The van der Waals surface area contributed by atoms with E-state index in [9.17, 15) is 13.2 Å². The van der Waals surface area contributed by atoms with Gasteiger partial charge in [0.05, 0.1) is 26.2 Å². The number of benzene rings is 3. The maximum Gasteiger partial charge on any atom is 0.255 e. The third-order valence-corrected chi connectivity index (χ3v) is 6.75. The van der Waals surface area contributed by atoms with Crippen LogP contribution in [0.4, 0.5) is 11.4 Å². The van der Waals surface area contributed by atoms with Gasteiger partial charge in [0.25, 0.3) is 5.91 Å². The summed E-state index contributed by atoms with van der Waals surface area (Å²) in [4.78, 5) is 12.9. The van der Waals surface area contributed by atoms with Crippen molar-refractivity contribution in [1.29, 1.82) is 0 Å². The second kappa shape index (κ2) is 10.2. The molecule has 0 aliphatic carbocycles. The van der Waals surface area contributed by atoms with Gasteiger partial charge in [-0.3, -0.25) is 9.10 Å². The zero-order valence-corrected chi connectivity index (χ0v) is 21.0. The number of nitrogens with zero attached hydrogens (tertiary/aromatic N) is 1. The van der Waals surface area contributed by atoms with Gasteiger partial charge in [-0.15, -0.1) is 0 Å². The minimum atomic E-state index is -3.57. The molecule has 0 fully saturated rings. The maximum absolute atomic E-state index is 12.9. The normalized spacial score (nSPS) is 12.1. The average Bonchev–Trinajstić information content (AvgIpc) is 3.34. The van der Waals surface area contributed by atoms with Crippen LogP contribution >= 0.6 is 0 Å². The van der Waals surface area contributed by atoms with Crippen LogP contribution in [-0.4, -0.2) is 48.6 Å². The van der Waals surface area contributed by atoms with Crippen molar-refractivity contribution in [2.24, 2.45) is 0 Å². The van der Waals surface area contributed by atoms with Crippen molar-refractivity contribution in [3.63, 3.8) is 0 Å². The Kier molecular flexibility index (Phi) is 7.11. The van der Waals surface area contributed by atoms with Crippen molar-refractivity contribution < 1.29 is 36.9 Å². The van der Waals surface area contributed by atoms with Crippen LogP contribution in [0.2, 0.25) is 0 Å². The summed E-state index contributed by atoms with van der Waals surface area (Å²) >= 11 is 0. The fourth-order valence-electron chi connectivity index (χ4n) is 3.54. The van der Waals surface area contributed by atoms with Crippen molar-refractivity contribution >= 4 is 27.3 Å². The number of carbonyl (C=O) groups excluding carboxylic acids is 1. The molecule has 190 valence electrons. The van der Waals surface area contributed by atoms with Crippen LogP contribution in [0.25, 0.3) is 0 Å². The Bertz CT molecular complexity index is 1390. The summed E-state index contributed by atoms with van der Waals surface area (Å²) in [5.41, 5.74) is 1.79. The van der Waals surface area contributed by atoms with Gasteiger partial charge < -0.3 is 29.0 Å². The molecule has 3 aromatic rings. The minimum Gasteiger partial charge on any atom is -0.497 e. The SMILES string of the molecule is COc1ccc(OC)c(COc2cc(NC(=O)c3ccc4c(c3)OCO4)ccc2N(C)S(C)(=O)=O)c1. The molecule has 10 nitrogen and oxygen atoms in total. The number of ether oxygens (including phenoxy) is 5. The molecule has 11 heteroatoms. The van der Waals surface area contributed by atoms with Crippen LogP contribution in [0, 0.1) is 0 Å². The van der Waals surface area contributed by atoms with Gasteiger partial charge in [-0.25, -0.2) is 8.42 Å². The van der Waals surface area contributed by atoms with E-state index in [4.69, 9.17) is 23.7 Å². The van der Waals surface area contributed by atoms with Crippen LogP contribution in [0.1, 0.15) is 15.9 Å². The smallest absolute Gasteiger partial charge is 0.255 e. The van der Waals surface area contributed by atoms with Crippen molar-refractivity contribution in [2.75, 3.05) is 43.9 Å². The molecule has 36 heavy (non-hydrogen) atoms. The largest absolute Gasteiger partial charge is 0.497 e. The molecule has 1 heterocycles.